The molecule has 0 unspecified atom stereocenters. The number of amides is 1. The number of aromatic nitrogens is 3. The zero-order chi connectivity index (χ0) is 10.8. The first-order valence-corrected chi connectivity index (χ1v) is 4.53. The molecule has 0 bridgehead atoms. The van der Waals surface area contributed by atoms with E-state index in [-0.39, 0.29) is 10.6 Å². The summed E-state index contributed by atoms with van der Waals surface area (Å²) >= 11 is 5.87. The smallest absolute Gasteiger partial charge is 0.252 e. The molecule has 15 heavy (non-hydrogen) atoms. The number of nitrogens with zero attached hydrogens (tertiary/aromatic N) is 3. The first-order valence-electron chi connectivity index (χ1n) is 4.15. The average Bonchev–Trinajstić information content (AvgIpc) is 2.69. The Balaban J connectivity index is 2.66. The van der Waals surface area contributed by atoms with Crippen LogP contribution < -0.4 is 5.73 Å². The molecule has 0 spiro atoms. The largest absolute Gasteiger partial charge is 0.365 e. The number of hydrogen-bond donors (Lipinski definition) is 1. The van der Waals surface area contributed by atoms with Crippen LogP contribution in [0.3, 0.4) is 0 Å². The summed E-state index contributed by atoms with van der Waals surface area (Å²) < 4.78 is 0. The van der Waals surface area contributed by atoms with E-state index in [1.54, 1.807) is 18.2 Å². The Bertz CT molecular complexity index is 495. The molecule has 0 aliphatic rings. The minimum atomic E-state index is -0.604. The van der Waals surface area contributed by atoms with Crippen LogP contribution in [0.1, 0.15) is 10.4 Å². The molecule has 0 radical (unpaired) electrons. The van der Waals surface area contributed by atoms with Crippen molar-refractivity contribution in [3.05, 3.63) is 41.2 Å². The summed E-state index contributed by atoms with van der Waals surface area (Å²) in [6.07, 6.45) is 3.01. The summed E-state index contributed by atoms with van der Waals surface area (Å²) in [6, 6.07) is 4.97. The number of carbonyl (C=O) groups is 1. The van der Waals surface area contributed by atoms with Gasteiger partial charge in [-0.25, -0.2) is 0 Å². The molecule has 2 rings (SSSR count). The third-order valence-electron chi connectivity index (χ3n) is 1.87. The number of nitrogens with two attached hydrogens (primary N) is 1. The Morgan fingerprint density at radius 2 is 2.00 bits per heavy atom. The van der Waals surface area contributed by atoms with Crippen LogP contribution in [0.15, 0.2) is 30.6 Å². The standard InChI is InChI=1S/C9H7ClN4O/c10-6-2-1-3-7(8(6)9(11)15)14-12-4-5-13-14/h1-5H,(H2,11,15). The number of benzene rings is 1. The van der Waals surface area contributed by atoms with Crippen molar-refractivity contribution in [3.8, 4) is 5.69 Å². The molecule has 0 atom stereocenters. The third-order valence-corrected chi connectivity index (χ3v) is 2.19. The fraction of sp³-hybridized carbons (Fsp3) is 0. The van der Waals surface area contributed by atoms with Crippen molar-refractivity contribution in [2.24, 2.45) is 5.73 Å². The molecule has 0 fully saturated rings. The molecule has 1 aromatic heterocycles. The quantitative estimate of drug-likeness (QED) is 0.825. The zero-order valence-corrected chi connectivity index (χ0v) is 8.35. The van der Waals surface area contributed by atoms with Gasteiger partial charge in [-0.1, -0.05) is 17.7 Å². The third kappa shape index (κ3) is 1.69. The van der Waals surface area contributed by atoms with Crippen LogP contribution in [0.4, 0.5) is 0 Å². The normalized spacial score (nSPS) is 10.2. The first kappa shape index (κ1) is 9.67. The maximum Gasteiger partial charge on any atom is 0.252 e. The molecule has 2 N–H and O–H groups in total. The summed E-state index contributed by atoms with van der Waals surface area (Å²) in [6.45, 7) is 0. The highest BCUT2D eigenvalue weighted by molar-refractivity contribution is 6.34. The van der Waals surface area contributed by atoms with Gasteiger partial charge in [0, 0.05) is 0 Å². The molecule has 1 amide bonds. The highest BCUT2D eigenvalue weighted by Gasteiger charge is 2.14. The molecule has 0 saturated heterocycles. The fourth-order valence-electron chi connectivity index (χ4n) is 1.26. The van der Waals surface area contributed by atoms with Crippen LogP contribution in [-0.2, 0) is 0 Å². The molecule has 76 valence electrons. The fourth-order valence-corrected chi connectivity index (χ4v) is 1.53. The van der Waals surface area contributed by atoms with E-state index in [0.717, 1.165) is 0 Å². The Morgan fingerprint density at radius 3 is 2.60 bits per heavy atom. The first-order chi connectivity index (χ1) is 7.20. The van der Waals surface area contributed by atoms with E-state index in [1.807, 2.05) is 0 Å². The maximum absolute atomic E-state index is 11.2. The van der Waals surface area contributed by atoms with Gasteiger partial charge in [-0.2, -0.15) is 15.0 Å². The Kier molecular flexibility index (Phi) is 2.39. The van der Waals surface area contributed by atoms with Gasteiger partial charge in [-0.05, 0) is 12.1 Å². The van der Waals surface area contributed by atoms with E-state index < -0.39 is 5.91 Å². The molecular formula is C9H7ClN4O. The van der Waals surface area contributed by atoms with Gasteiger partial charge in [0.1, 0.15) is 0 Å². The molecule has 5 nitrogen and oxygen atoms in total. The second kappa shape index (κ2) is 3.70. The molecular weight excluding hydrogens is 216 g/mol. The minimum Gasteiger partial charge on any atom is -0.365 e. The SMILES string of the molecule is NC(=O)c1c(Cl)cccc1-n1nccn1. The van der Waals surface area contributed by atoms with Gasteiger partial charge in [0.2, 0.25) is 0 Å². The lowest BCUT2D eigenvalue weighted by Gasteiger charge is -2.06. The van der Waals surface area contributed by atoms with Crippen LogP contribution in [0, 0.1) is 0 Å². The lowest BCUT2D eigenvalue weighted by molar-refractivity contribution is 0.1000. The van der Waals surface area contributed by atoms with Crippen molar-refractivity contribution < 1.29 is 4.79 Å². The van der Waals surface area contributed by atoms with E-state index >= 15 is 0 Å². The number of halogens is 1. The lowest BCUT2D eigenvalue weighted by atomic mass is 10.1. The second-order valence-corrected chi connectivity index (χ2v) is 3.22. The van der Waals surface area contributed by atoms with Crippen molar-refractivity contribution >= 4 is 17.5 Å². The van der Waals surface area contributed by atoms with Gasteiger partial charge >= 0.3 is 0 Å². The van der Waals surface area contributed by atoms with Gasteiger partial charge in [0.05, 0.1) is 28.7 Å². The van der Waals surface area contributed by atoms with E-state index in [9.17, 15) is 4.79 Å². The molecule has 0 aliphatic carbocycles. The number of hydrogen-bond acceptors (Lipinski definition) is 3. The Labute approximate surface area is 90.5 Å². The maximum atomic E-state index is 11.2. The molecule has 2 aromatic rings. The molecule has 1 aromatic carbocycles. The zero-order valence-electron chi connectivity index (χ0n) is 7.59. The van der Waals surface area contributed by atoms with Crippen molar-refractivity contribution in [2.75, 3.05) is 0 Å². The number of rotatable bonds is 2. The van der Waals surface area contributed by atoms with Crippen molar-refractivity contribution in [1.29, 1.82) is 0 Å². The predicted octanol–water partition coefficient (Wildman–Crippen LogP) is 1.02. The molecule has 6 heteroatoms. The minimum absolute atomic E-state index is 0.218. The number of carbonyl (C=O) groups excluding carboxylic acids is 1. The van der Waals surface area contributed by atoms with Gasteiger partial charge in [-0.15, -0.1) is 0 Å². The van der Waals surface area contributed by atoms with E-state index in [4.69, 9.17) is 17.3 Å². The highest BCUT2D eigenvalue weighted by Crippen LogP contribution is 2.21. The number of primary amides is 1. The van der Waals surface area contributed by atoms with E-state index in [1.165, 1.54) is 17.2 Å². The van der Waals surface area contributed by atoms with Gasteiger partial charge in [0.25, 0.3) is 5.91 Å². The highest BCUT2D eigenvalue weighted by atomic mass is 35.5. The van der Waals surface area contributed by atoms with E-state index in [0.29, 0.717) is 5.69 Å². The van der Waals surface area contributed by atoms with E-state index in [2.05, 4.69) is 10.2 Å². The van der Waals surface area contributed by atoms with Gasteiger partial charge in [0.15, 0.2) is 0 Å². The summed E-state index contributed by atoms with van der Waals surface area (Å²) in [5.41, 5.74) is 5.92. The molecule has 0 aliphatic heterocycles. The van der Waals surface area contributed by atoms with Crippen molar-refractivity contribution in [3.63, 3.8) is 0 Å². The van der Waals surface area contributed by atoms with Gasteiger partial charge < -0.3 is 5.73 Å². The van der Waals surface area contributed by atoms with Crippen LogP contribution in [-0.4, -0.2) is 20.9 Å². The molecule has 0 saturated carbocycles. The van der Waals surface area contributed by atoms with Gasteiger partial charge in [-0.3, -0.25) is 4.79 Å². The van der Waals surface area contributed by atoms with Crippen LogP contribution in [0.2, 0.25) is 5.02 Å². The van der Waals surface area contributed by atoms with Crippen LogP contribution >= 0.6 is 11.6 Å². The summed E-state index contributed by atoms with van der Waals surface area (Å²) in [4.78, 5) is 12.5. The predicted molar refractivity (Wildman–Crippen MR) is 54.9 cm³/mol. The molecule has 1 heterocycles. The summed E-state index contributed by atoms with van der Waals surface area (Å²) in [5.74, 6) is -0.604. The lowest BCUT2D eigenvalue weighted by Crippen LogP contribution is -2.16. The topological polar surface area (TPSA) is 73.8 Å². The summed E-state index contributed by atoms with van der Waals surface area (Å²) in [7, 11) is 0. The average molecular weight is 223 g/mol. The summed E-state index contributed by atoms with van der Waals surface area (Å²) in [5, 5.41) is 8.11. The Morgan fingerprint density at radius 1 is 1.33 bits per heavy atom. The van der Waals surface area contributed by atoms with Crippen molar-refractivity contribution in [1.82, 2.24) is 15.0 Å². The monoisotopic (exact) mass is 222 g/mol. The van der Waals surface area contributed by atoms with Crippen LogP contribution in [0.25, 0.3) is 5.69 Å². The second-order valence-electron chi connectivity index (χ2n) is 2.82. The Hall–Kier alpha value is -1.88. The van der Waals surface area contributed by atoms with Crippen LogP contribution in [0.5, 0.6) is 0 Å². The van der Waals surface area contributed by atoms with Crippen molar-refractivity contribution in [2.45, 2.75) is 0 Å².